The molecule has 0 fully saturated rings. The molecule has 1 aromatic heterocycles. The molecule has 3 rings (SSSR count). The topological polar surface area (TPSA) is 82.0 Å². The van der Waals surface area contributed by atoms with Gasteiger partial charge in [0, 0.05) is 24.7 Å². The Hall–Kier alpha value is -3.09. The minimum absolute atomic E-state index is 0.231. The van der Waals surface area contributed by atoms with Gasteiger partial charge in [0.1, 0.15) is 0 Å². The summed E-state index contributed by atoms with van der Waals surface area (Å²) < 4.78 is 11.2. The van der Waals surface area contributed by atoms with E-state index in [9.17, 15) is 4.79 Å². The fourth-order valence-corrected chi connectivity index (χ4v) is 2.67. The van der Waals surface area contributed by atoms with E-state index in [1.165, 1.54) is 0 Å². The molecule has 0 radical (unpaired) electrons. The average molecular weight is 355 g/mol. The zero-order valence-electron chi connectivity index (χ0n) is 15.0. The molecule has 7 heteroatoms. The van der Waals surface area contributed by atoms with Crippen molar-refractivity contribution in [3.05, 3.63) is 48.2 Å². The molecular formula is C19H21N3O4. The number of pyridine rings is 1. The number of amides is 1. The Bertz CT molecular complexity index is 837. The number of rotatable bonds is 6. The predicted molar refractivity (Wildman–Crippen MR) is 96.4 cm³/mol. The van der Waals surface area contributed by atoms with Crippen molar-refractivity contribution in [2.45, 2.75) is 32.4 Å². The maximum Gasteiger partial charge on any atom is 0.267 e. The van der Waals surface area contributed by atoms with E-state index in [4.69, 9.17) is 14.3 Å². The summed E-state index contributed by atoms with van der Waals surface area (Å²) in [7, 11) is 1.58. The van der Waals surface area contributed by atoms with Gasteiger partial charge in [-0.25, -0.2) is 4.98 Å². The van der Waals surface area contributed by atoms with E-state index >= 15 is 0 Å². The molecule has 1 unspecified atom stereocenters. The third-order valence-corrected chi connectivity index (χ3v) is 4.04. The second-order valence-electron chi connectivity index (χ2n) is 6.23. The maximum atomic E-state index is 12.5. The standard InChI is InChI=1S/C19H21N3O4/c1-13-11-19(2,26-22-13)18(23)21-12-14-7-6-10-20-17(14)25-16-9-5-4-8-15(16)24-3/h4-10H,11-12H2,1-3H3,(H,21,23). The van der Waals surface area contributed by atoms with Crippen LogP contribution in [0.5, 0.6) is 17.4 Å². The number of methoxy groups -OCH3 is 1. The van der Waals surface area contributed by atoms with Crippen LogP contribution in [0.2, 0.25) is 0 Å². The number of nitrogens with one attached hydrogen (secondary N) is 1. The highest BCUT2D eigenvalue weighted by molar-refractivity contribution is 5.94. The fourth-order valence-electron chi connectivity index (χ4n) is 2.67. The number of hydrogen-bond acceptors (Lipinski definition) is 6. The van der Waals surface area contributed by atoms with E-state index in [-0.39, 0.29) is 12.5 Å². The van der Waals surface area contributed by atoms with Gasteiger partial charge in [-0.2, -0.15) is 0 Å². The normalized spacial score (nSPS) is 18.7. The summed E-state index contributed by atoms with van der Waals surface area (Å²) in [5.74, 6) is 1.33. The Morgan fingerprint density at radius 3 is 2.73 bits per heavy atom. The Labute approximate surface area is 152 Å². The molecule has 1 aliphatic rings. The van der Waals surface area contributed by atoms with Crippen molar-refractivity contribution in [1.82, 2.24) is 10.3 Å². The number of nitrogens with zero attached hydrogens (tertiary/aromatic N) is 2. The number of carbonyl (C=O) groups excluding carboxylic acids is 1. The number of oxime groups is 1. The number of carbonyl (C=O) groups is 1. The highest BCUT2D eigenvalue weighted by Gasteiger charge is 2.40. The van der Waals surface area contributed by atoms with E-state index in [2.05, 4.69) is 15.5 Å². The molecule has 0 bridgehead atoms. The molecule has 26 heavy (non-hydrogen) atoms. The molecule has 136 valence electrons. The van der Waals surface area contributed by atoms with Gasteiger partial charge in [-0.15, -0.1) is 0 Å². The number of hydrogen-bond donors (Lipinski definition) is 1. The number of aromatic nitrogens is 1. The fraction of sp³-hybridized carbons (Fsp3) is 0.316. The van der Waals surface area contributed by atoms with Crippen LogP contribution in [-0.4, -0.2) is 29.3 Å². The lowest BCUT2D eigenvalue weighted by atomic mass is 9.99. The number of benzene rings is 1. The van der Waals surface area contributed by atoms with Crippen LogP contribution in [0.3, 0.4) is 0 Å². The highest BCUT2D eigenvalue weighted by Crippen LogP contribution is 2.31. The second-order valence-corrected chi connectivity index (χ2v) is 6.23. The monoisotopic (exact) mass is 355 g/mol. The minimum Gasteiger partial charge on any atom is -0.493 e. The second kappa shape index (κ2) is 7.43. The molecule has 1 aromatic carbocycles. The summed E-state index contributed by atoms with van der Waals surface area (Å²) in [4.78, 5) is 22.0. The molecule has 1 atom stereocenters. The lowest BCUT2D eigenvalue weighted by molar-refractivity contribution is -0.141. The highest BCUT2D eigenvalue weighted by atomic mass is 16.7. The minimum atomic E-state index is -0.976. The Morgan fingerprint density at radius 2 is 2.04 bits per heavy atom. The van der Waals surface area contributed by atoms with Crippen LogP contribution in [0.1, 0.15) is 25.8 Å². The average Bonchev–Trinajstić information content (AvgIpc) is 3.01. The van der Waals surface area contributed by atoms with E-state index in [0.29, 0.717) is 23.8 Å². The van der Waals surface area contributed by atoms with Crippen molar-refractivity contribution in [1.29, 1.82) is 0 Å². The van der Waals surface area contributed by atoms with Gasteiger partial charge >= 0.3 is 0 Å². The van der Waals surface area contributed by atoms with Crippen LogP contribution in [-0.2, 0) is 16.2 Å². The molecule has 7 nitrogen and oxygen atoms in total. The molecule has 0 spiro atoms. The van der Waals surface area contributed by atoms with Crippen molar-refractivity contribution >= 4 is 11.6 Å². The summed E-state index contributed by atoms with van der Waals surface area (Å²) in [6, 6.07) is 10.9. The van der Waals surface area contributed by atoms with Gasteiger partial charge in [0.05, 0.1) is 12.8 Å². The van der Waals surface area contributed by atoms with E-state index < -0.39 is 5.60 Å². The molecule has 1 N–H and O–H groups in total. The van der Waals surface area contributed by atoms with Crippen molar-refractivity contribution in [2.24, 2.45) is 5.16 Å². The summed E-state index contributed by atoms with van der Waals surface area (Å²) >= 11 is 0. The van der Waals surface area contributed by atoms with Crippen molar-refractivity contribution < 1.29 is 19.1 Å². The summed E-state index contributed by atoms with van der Waals surface area (Å²) in [5.41, 5.74) is 0.561. The van der Waals surface area contributed by atoms with Crippen LogP contribution in [0.15, 0.2) is 47.8 Å². The molecule has 2 heterocycles. The lowest BCUT2D eigenvalue weighted by Crippen LogP contribution is -2.44. The quantitative estimate of drug-likeness (QED) is 0.861. The van der Waals surface area contributed by atoms with Crippen molar-refractivity contribution in [3.63, 3.8) is 0 Å². The van der Waals surface area contributed by atoms with Crippen LogP contribution in [0, 0.1) is 0 Å². The number of para-hydroxylation sites is 2. The third kappa shape index (κ3) is 3.77. The van der Waals surface area contributed by atoms with Gasteiger partial charge in [0.15, 0.2) is 11.5 Å². The van der Waals surface area contributed by atoms with Gasteiger partial charge in [-0.05, 0) is 32.0 Å². The van der Waals surface area contributed by atoms with Crippen molar-refractivity contribution in [2.75, 3.05) is 7.11 Å². The molecule has 0 saturated heterocycles. The Morgan fingerprint density at radius 1 is 1.27 bits per heavy atom. The zero-order valence-corrected chi connectivity index (χ0v) is 15.0. The zero-order chi connectivity index (χ0) is 18.6. The predicted octanol–water partition coefficient (Wildman–Crippen LogP) is 3.05. The molecule has 0 aliphatic carbocycles. The smallest absolute Gasteiger partial charge is 0.267 e. The summed E-state index contributed by atoms with van der Waals surface area (Å²) in [6.07, 6.45) is 2.10. The molecule has 2 aromatic rings. The molecule has 0 saturated carbocycles. The van der Waals surface area contributed by atoms with E-state index in [1.807, 2.05) is 25.1 Å². The SMILES string of the molecule is COc1ccccc1Oc1ncccc1CNC(=O)C1(C)CC(C)=NO1. The Balaban J connectivity index is 1.71. The third-order valence-electron chi connectivity index (χ3n) is 4.04. The van der Waals surface area contributed by atoms with Crippen LogP contribution in [0.25, 0.3) is 0 Å². The first kappa shape index (κ1) is 17.7. The van der Waals surface area contributed by atoms with E-state index in [1.54, 1.807) is 38.4 Å². The van der Waals surface area contributed by atoms with Gasteiger partial charge < -0.3 is 19.6 Å². The molecular weight excluding hydrogens is 334 g/mol. The largest absolute Gasteiger partial charge is 0.493 e. The maximum absolute atomic E-state index is 12.5. The first-order valence-electron chi connectivity index (χ1n) is 8.26. The van der Waals surface area contributed by atoms with Crippen molar-refractivity contribution in [3.8, 4) is 17.4 Å². The van der Waals surface area contributed by atoms with Gasteiger partial charge in [0.2, 0.25) is 11.5 Å². The van der Waals surface area contributed by atoms with E-state index in [0.717, 1.165) is 11.3 Å². The first-order chi connectivity index (χ1) is 12.5. The van der Waals surface area contributed by atoms with Crippen LogP contribution < -0.4 is 14.8 Å². The first-order valence-corrected chi connectivity index (χ1v) is 8.26. The van der Waals surface area contributed by atoms with Gasteiger partial charge in [-0.3, -0.25) is 4.79 Å². The summed E-state index contributed by atoms with van der Waals surface area (Å²) in [6.45, 7) is 3.81. The molecule has 1 amide bonds. The van der Waals surface area contributed by atoms with Crippen LogP contribution in [0.4, 0.5) is 0 Å². The van der Waals surface area contributed by atoms with Gasteiger partial charge in [0.25, 0.3) is 5.91 Å². The Kier molecular flexibility index (Phi) is 5.06. The van der Waals surface area contributed by atoms with Gasteiger partial charge in [-0.1, -0.05) is 23.4 Å². The van der Waals surface area contributed by atoms with Crippen LogP contribution >= 0.6 is 0 Å². The lowest BCUT2D eigenvalue weighted by Gasteiger charge is -2.20. The number of ether oxygens (including phenoxy) is 2. The molecule has 1 aliphatic heterocycles. The summed E-state index contributed by atoms with van der Waals surface area (Å²) in [5, 5.41) is 6.73.